The van der Waals surface area contributed by atoms with Crippen LogP contribution in [0.3, 0.4) is 0 Å². The largest absolute Gasteiger partial charge is 0.491 e. The van der Waals surface area contributed by atoms with Gasteiger partial charge in [-0.1, -0.05) is 79.2 Å². The van der Waals surface area contributed by atoms with E-state index in [4.69, 9.17) is 14.2 Å². The van der Waals surface area contributed by atoms with Crippen molar-refractivity contribution in [2.75, 3.05) is 44.9 Å². The molecular weight excluding hydrogens is 494 g/mol. The van der Waals surface area contributed by atoms with E-state index in [2.05, 4.69) is 110 Å². The van der Waals surface area contributed by atoms with Crippen molar-refractivity contribution in [2.45, 2.75) is 32.6 Å². The Labute approximate surface area is 238 Å². The number of rotatable bonds is 11. The summed E-state index contributed by atoms with van der Waals surface area (Å²) in [4.78, 5) is 0. The summed E-state index contributed by atoms with van der Waals surface area (Å²) in [6.45, 7) is 10.9. The van der Waals surface area contributed by atoms with Crippen LogP contribution < -0.4 is 10.1 Å². The number of hydrogen-bond donors (Lipinski definition) is 1. The minimum atomic E-state index is -0.424. The molecule has 1 fully saturated rings. The number of aryl methyl sites for hydroxylation is 1. The summed E-state index contributed by atoms with van der Waals surface area (Å²) in [7, 11) is 0. The minimum absolute atomic E-state index is 0.257. The van der Waals surface area contributed by atoms with Crippen LogP contribution in [0.1, 0.15) is 48.1 Å². The van der Waals surface area contributed by atoms with E-state index in [0.29, 0.717) is 19.8 Å². The van der Waals surface area contributed by atoms with E-state index in [1.165, 1.54) is 38.9 Å². The molecule has 1 aliphatic carbocycles. The molecule has 1 unspecified atom stereocenters. The van der Waals surface area contributed by atoms with Gasteiger partial charge in [0.05, 0.1) is 25.2 Å². The molecule has 1 N–H and O–H groups in total. The highest BCUT2D eigenvalue weighted by Gasteiger charge is 2.46. The fourth-order valence-electron chi connectivity index (χ4n) is 6.30. The molecule has 4 aromatic rings. The normalized spacial score (nSPS) is 18.5. The van der Waals surface area contributed by atoms with Crippen molar-refractivity contribution >= 4 is 5.69 Å². The molecule has 0 amide bonds. The van der Waals surface area contributed by atoms with Crippen LogP contribution in [0.2, 0.25) is 0 Å². The molecule has 4 heteroatoms. The SMILES string of the molecule is CCOCCOc1ccc(C2(c3ccc(NCC4(CC)COC4)cc3)c3ccccc3-c3ccc(C)cc32)cc1. The van der Waals surface area contributed by atoms with Gasteiger partial charge in [0.25, 0.3) is 0 Å². The molecule has 1 atom stereocenters. The number of fused-ring (bicyclic) bond motifs is 3. The number of anilines is 1. The quantitative estimate of drug-likeness (QED) is 0.177. The molecule has 206 valence electrons. The second kappa shape index (κ2) is 11.1. The summed E-state index contributed by atoms with van der Waals surface area (Å²) in [5, 5.41) is 3.69. The third kappa shape index (κ3) is 4.59. The van der Waals surface area contributed by atoms with Gasteiger partial charge in [0.1, 0.15) is 12.4 Å². The van der Waals surface area contributed by atoms with Crippen LogP contribution >= 0.6 is 0 Å². The molecule has 0 spiro atoms. The van der Waals surface area contributed by atoms with E-state index in [1.54, 1.807) is 0 Å². The first-order valence-electron chi connectivity index (χ1n) is 14.5. The van der Waals surface area contributed by atoms with E-state index in [-0.39, 0.29) is 5.41 Å². The average Bonchev–Trinajstić information content (AvgIpc) is 3.26. The predicted molar refractivity (Wildman–Crippen MR) is 163 cm³/mol. The zero-order valence-electron chi connectivity index (χ0n) is 23.8. The standard InChI is InChI=1S/C36H39NO3/c1-4-35(24-39-25-35)23-37-29-15-11-27(12-16-29)36(28-13-17-30(18-14-28)40-21-20-38-5-2)33-9-7-6-8-31(33)32-19-10-26(3)22-34(32)36/h6-19,22,37H,4-5,20-21,23-25H2,1-3H3. The van der Waals surface area contributed by atoms with Crippen LogP contribution in [-0.4, -0.2) is 39.6 Å². The maximum atomic E-state index is 5.97. The lowest BCUT2D eigenvalue weighted by atomic mass is 9.67. The van der Waals surface area contributed by atoms with Crippen LogP contribution in [0, 0.1) is 12.3 Å². The van der Waals surface area contributed by atoms with Crippen LogP contribution in [-0.2, 0) is 14.9 Å². The summed E-state index contributed by atoms with van der Waals surface area (Å²) >= 11 is 0. The van der Waals surface area contributed by atoms with E-state index in [1.807, 2.05) is 6.92 Å². The van der Waals surface area contributed by atoms with E-state index >= 15 is 0 Å². The van der Waals surface area contributed by atoms with Gasteiger partial charge in [-0.25, -0.2) is 0 Å². The summed E-state index contributed by atoms with van der Waals surface area (Å²) in [5.41, 5.74) is 9.98. The van der Waals surface area contributed by atoms with Crippen LogP contribution in [0.25, 0.3) is 11.1 Å². The first-order valence-corrected chi connectivity index (χ1v) is 14.5. The lowest BCUT2D eigenvalue weighted by Gasteiger charge is -2.41. The Balaban J connectivity index is 1.42. The molecule has 6 rings (SSSR count). The lowest BCUT2D eigenvalue weighted by Crippen LogP contribution is -2.47. The van der Waals surface area contributed by atoms with E-state index in [9.17, 15) is 0 Å². The molecule has 0 aromatic heterocycles. The maximum Gasteiger partial charge on any atom is 0.119 e. The third-order valence-corrected chi connectivity index (χ3v) is 8.74. The Bertz CT molecular complexity index is 1450. The van der Waals surface area contributed by atoms with Crippen molar-refractivity contribution < 1.29 is 14.2 Å². The van der Waals surface area contributed by atoms with Crippen molar-refractivity contribution in [3.8, 4) is 16.9 Å². The smallest absolute Gasteiger partial charge is 0.119 e. The monoisotopic (exact) mass is 533 g/mol. The van der Waals surface area contributed by atoms with Crippen molar-refractivity contribution in [3.63, 3.8) is 0 Å². The molecule has 0 saturated carbocycles. The Kier molecular flexibility index (Phi) is 7.39. The topological polar surface area (TPSA) is 39.7 Å². The van der Waals surface area contributed by atoms with Gasteiger partial charge in [-0.2, -0.15) is 0 Å². The first-order chi connectivity index (χ1) is 19.6. The second-order valence-electron chi connectivity index (χ2n) is 11.2. The van der Waals surface area contributed by atoms with Gasteiger partial charge in [-0.3, -0.25) is 0 Å². The van der Waals surface area contributed by atoms with Crippen LogP contribution in [0.4, 0.5) is 5.69 Å². The Morgan fingerprint density at radius 3 is 2.15 bits per heavy atom. The Morgan fingerprint density at radius 1 is 0.775 bits per heavy atom. The van der Waals surface area contributed by atoms with Gasteiger partial charge in [0.15, 0.2) is 0 Å². The average molecular weight is 534 g/mol. The van der Waals surface area contributed by atoms with Gasteiger partial charge >= 0.3 is 0 Å². The number of ether oxygens (including phenoxy) is 3. The highest BCUT2D eigenvalue weighted by Crippen LogP contribution is 2.56. The molecule has 4 aromatic carbocycles. The molecule has 1 saturated heterocycles. The summed E-state index contributed by atoms with van der Waals surface area (Å²) in [5.74, 6) is 0.860. The van der Waals surface area contributed by atoms with Crippen molar-refractivity contribution in [1.29, 1.82) is 0 Å². The predicted octanol–water partition coefficient (Wildman–Crippen LogP) is 7.61. The van der Waals surface area contributed by atoms with Gasteiger partial charge in [-0.05, 0) is 77.9 Å². The lowest BCUT2D eigenvalue weighted by molar-refractivity contribution is -0.106. The zero-order valence-corrected chi connectivity index (χ0v) is 23.8. The summed E-state index contributed by atoms with van der Waals surface area (Å²) in [6.07, 6.45) is 1.12. The molecule has 40 heavy (non-hydrogen) atoms. The van der Waals surface area contributed by atoms with Crippen molar-refractivity contribution in [2.24, 2.45) is 5.41 Å². The Hall–Kier alpha value is -3.60. The second-order valence-corrected chi connectivity index (χ2v) is 11.2. The molecular formula is C36H39NO3. The fourth-order valence-corrected chi connectivity index (χ4v) is 6.30. The van der Waals surface area contributed by atoms with Crippen molar-refractivity contribution in [1.82, 2.24) is 0 Å². The minimum Gasteiger partial charge on any atom is -0.491 e. The summed E-state index contributed by atoms with van der Waals surface area (Å²) in [6, 6.07) is 33.5. The highest BCUT2D eigenvalue weighted by molar-refractivity contribution is 5.86. The third-order valence-electron chi connectivity index (χ3n) is 8.74. The maximum absolute atomic E-state index is 5.97. The Morgan fingerprint density at radius 2 is 1.48 bits per heavy atom. The van der Waals surface area contributed by atoms with Gasteiger partial charge in [0, 0.05) is 24.3 Å². The molecule has 4 nitrogen and oxygen atoms in total. The summed E-state index contributed by atoms with van der Waals surface area (Å²) < 4.78 is 17.0. The van der Waals surface area contributed by atoms with E-state index in [0.717, 1.165) is 37.6 Å². The van der Waals surface area contributed by atoms with Crippen LogP contribution in [0.5, 0.6) is 5.75 Å². The van der Waals surface area contributed by atoms with Crippen molar-refractivity contribution in [3.05, 3.63) is 119 Å². The molecule has 0 radical (unpaired) electrons. The first kappa shape index (κ1) is 26.6. The van der Waals surface area contributed by atoms with E-state index < -0.39 is 5.41 Å². The van der Waals surface area contributed by atoms with Gasteiger partial charge < -0.3 is 19.5 Å². The number of benzene rings is 4. The number of hydrogen-bond acceptors (Lipinski definition) is 4. The molecule has 0 bridgehead atoms. The zero-order chi connectivity index (χ0) is 27.6. The molecule has 1 aliphatic heterocycles. The molecule has 1 heterocycles. The van der Waals surface area contributed by atoms with Gasteiger partial charge in [-0.15, -0.1) is 0 Å². The number of nitrogens with one attached hydrogen (secondary N) is 1. The highest BCUT2D eigenvalue weighted by atomic mass is 16.5. The molecule has 2 aliphatic rings. The van der Waals surface area contributed by atoms with Gasteiger partial charge in [0.2, 0.25) is 0 Å². The van der Waals surface area contributed by atoms with Crippen LogP contribution in [0.15, 0.2) is 91.0 Å². The fraction of sp³-hybridized carbons (Fsp3) is 0.333.